The van der Waals surface area contributed by atoms with Crippen LogP contribution in [-0.4, -0.2) is 40.8 Å². The van der Waals surface area contributed by atoms with Crippen LogP contribution in [0.2, 0.25) is 0 Å². The molecule has 0 bridgehead atoms. The molecule has 0 aliphatic heterocycles. The Bertz CT molecular complexity index is 449. The average molecular weight is 269 g/mol. The molecule has 1 aliphatic rings. The number of aromatic nitrogens is 1. The molecule has 0 atom stereocenters. The van der Waals surface area contributed by atoms with Crippen LogP contribution in [0.15, 0.2) is 6.07 Å². The second-order valence-corrected chi connectivity index (χ2v) is 5.47. The van der Waals surface area contributed by atoms with E-state index in [1.807, 2.05) is 13.0 Å². The summed E-state index contributed by atoms with van der Waals surface area (Å²) in [5, 5.41) is 0. The zero-order valence-electron chi connectivity index (χ0n) is 11.4. The predicted octanol–water partition coefficient (Wildman–Crippen LogP) is 2.62. The van der Waals surface area contributed by atoms with Gasteiger partial charge in [0, 0.05) is 36.1 Å². The number of nitrogens with zero attached hydrogens (tertiary/aromatic N) is 2. The standard InChI is InChI=1S/C14H21ClN2O/c1-10-8-13(14(18)9-15)11(2)17(10)7-6-16(3)12-4-5-12/h8,12H,4-7,9H2,1-3H3. The van der Waals surface area contributed by atoms with Crippen LogP contribution in [0.3, 0.4) is 0 Å². The fourth-order valence-corrected chi connectivity index (χ4v) is 2.60. The van der Waals surface area contributed by atoms with Gasteiger partial charge in [-0.2, -0.15) is 0 Å². The molecule has 0 aromatic carbocycles. The molecule has 1 saturated carbocycles. The first-order valence-corrected chi connectivity index (χ1v) is 7.04. The third kappa shape index (κ3) is 2.78. The molecular weight excluding hydrogens is 248 g/mol. The third-order valence-corrected chi connectivity index (χ3v) is 4.08. The summed E-state index contributed by atoms with van der Waals surface area (Å²) in [7, 11) is 2.18. The summed E-state index contributed by atoms with van der Waals surface area (Å²) in [5.74, 6) is 0.0817. The van der Waals surface area contributed by atoms with Crippen molar-refractivity contribution in [2.75, 3.05) is 19.5 Å². The van der Waals surface area contributed by atoms with Gasteiger partial charge in [-0.1, -0.05) is 0 Å². The first-order valence-electron chi connectivity index (χ1n) is 6.50. The summed E-state index contributed by atoms with van der Waals surface area (Å²) in [4.78, 5) is 14.1. The highest BCUT2D eigenvalue weighted by molar-refractivity contribution is 6.30. The molecule has 4 heteroatoms. The maximum absolute atomic E-state index is 11.7. The van der Waals surface area contributed by atoms with Gasteiger partial charge in [0.15, 0.2) is 5.78 Å². The molecule has 0 amide bonds. The van der Waals surface area contributed by atoms with E-state index in [0.717, 1.165) is 36.1 Å². The van der Waals surface area contributed by atoms with E-state index in [9.17, 15) is 4.79 Å². The van der Waals surface area contributed by atoms with E-state index < -0.39 is 0 Å². The van der Waals surface area contributed by atoms with Gasteiger partial charge in [-0.3, -0.25) is 4.79 Å². The molecule has 0 spiro atoms. The molecule has 3 nitrogen and oxygen atoms in total. The first-order chi connectivity index (χ1) is 8.54. The Morgan fingerprint density at radius 2 is 2.17 bits per heavy atom. The molecule has 1 aromatic heterocycles. The number of hydrogen-bond donors (Lipinski definition) is 0. The summed E-state index contributed by atoms with van der Waals surface area (Å²) >= 11 is 5.63. The molecule has 0 saturated heterocycles. The number of carbonyl (C=O) groups is 1. The van der Waals surface area contributed by atoms with Gasteiger partial charge < -0.3 is 9.47 Å². The van der Waals surface area contributed by atoms with Crippen LogP contribution >= 0.6 is 11.6 Å². The predicted molar refractivity (Wildman–Crippen MR) is 74.6 cm³/mol. The Labute approximate surface area is 114 Å². The van der Waals surface area contributed by atoms with Crippen molar-refractivity contribution < 1.29 is 4.79 Å². The minimum atomic E-state index is 0.0200. The second kappa shape index (κ2) is 5.45. The van der Waals surface area contributed by atoms with E-state index in [-0.39, 0.29) is 11.7 Å². The van der Waals surface area contributed by atoms with Crippen molar-refractivity contribution in [2.24, 2.45) is 0 Å². The van der Waals surface area contributed by atoms with Crippen LogP contribution in [0.1, 0.15) is 34.6 Å². The average Bonchev–Trinajstić information content (AvgIpc) is 3.15. The van der Waals surface area contributed by atoms with Gasteiger partial charge in [-0.05, 0) is 39.8 Å². The van der Waals surface area contributed by atoms with Crippen molar-refractivity contribution in [3.8, 4) is 0 Å². The van der Waals surface area contributed by atoms with E-state index in [2.05, 4.69) is 23.4 Å². The van der Waals surface area contributed by atoms with Crippen LogP contribution in [0, 0.1) is 13.8 Å². The zero-order chi connectivity index (χ0) is 13.3. The van der Waals surface area contributed by atoms with Crippen molar-refractivity contribution in [3.63, 3.8) is 0 Å². The van der Waals surface area contributed by atoms with Gasteiger partial charge in [0.2, 0.25) is 0 Å². The monoisotopic (exact) mass is 268 g/mol. The summed E-state index contributed by atoms with van der Waals surface area (Å²) < 4.78 is 2.22. The molecular formula is C14H21ClN2O. The topological polar surface area (TPSA) is 25.2 Å². The maximum atomic E-state index is 11.7. The Morgan fingerprint density at radius 3 is 2.72 bits per heavy atom. The number of Topliss-reactive ketones (excluding diaryl/α,β-unsaturated/α-hetero) is 1. The van der Waals surface area contributed by atoms with Gasteiger partial charge in [0.05, 0.1) is 5.88 Å². The lowest BCUT2D eigenvalue weighted by Crippen LogP contribution is -2.26. The number of aryl methyl sites for hydroxylation is 1. The van der Waals surface area contributed by atoms with E-state index >= 15 is 0 Å². The normalized spacial score (nSPS) is 15.4. The van der Waals surface area contributed by atoms with Crippen molar-refractivity contribution in [3.05, 3.63) is 23.0 Å². The Kier molecular flexibility index (Phi) is 4.13. The summed E-state index contributed by atoms with van der Waals surface area (Å²) in [5.41, 5.74) is 2.96. The Balaban J connectivity index is 2.07. The van der Waals surface area contributed by atoms with E-state index in [1.165, 1.54) is 12.8 Å². The highest BCUT2D eigenvalue weighted by atomic mass is 35.5. The molecule has 0 unspecified atom stereocenters. The molecule has 0 radical (unpaired) electrons. The lowest BCUT2D eigenvalue weighted by molar-refractivity contribution is 0.102. The molecule has 1 fully saturated rings. The molecule has 18 heavy (non-hydrogen) atoms. The van der Waals surface area contributed by atoms with Crippen molar-refractivity contribution in [2.45, 2.75) is 39.3 Å². The summed E-state index contributed by atoms with van der Waals surface area (Å²) in [6, 6.07) is 2.74. The molecule has 1 heterocycles. The number of halogens is 1. The number of alkyl halides is 1. The summed E-state index contributed by atoms with van der Waals surface area (Å²) in [6.45, 7) is 6.04. The lowest BCUT2D eigenvalue weighted by atomic mass is 10.2. The number of ketones is 1. The van der Waals surface area contributed by atoms with Gasteiger partial charge in [-0.25, -0.2) is 0 Å². The molecule has 1 aliphatic carbocycles. The van der Waals surface area contributed by atoms with E-state index in [4.69, 9.17) is 11.6 Å². The fraction of sp³-hybridized carbons (Fsp3) is 0.643. The van der Waals surface area contributed by atoms with Crippen LogP contribution in [0.25, 0.3) is 0 Å². The molecule has 2 rings (SSSR count). The Hall–Kier alpha value is -0.800. The van der Waals surface area contributed by atoms with Gasteiger partial charge in [-0.15, -0.1) is 11.6 Å². The van der Waals surface area contributed by atoms with Crippen molar-refractivity contribution >= 4 is 17.4 Å². The minimum Gasteiger partial charge on any atom is -0.347 e. The Morgan fingerprint density at radius 1 is 1.50 bits per heavy atom. The number of hydrogen-bond acceptors (Lipinski definition) is 2. The number of carbonyl (C=O) groups excluding carboxylic acids is 1. The molecule has 0 N–H and O–H groups in total. The van der Waals surface area contributed by atoms with Gasteiger partial charge in [0.1, 0.15) is 0 Å². The molecule has 1 aromatic rings. The number of likely N-dealkylation sites (N-methyl/N-ethyl adjacent to an activating group) is 1. The maximum Gasteiger partial charge on any atom is 0.179 e. The second-order valence-electron chi connectivity index (χ2n) is 5.21. The van der Waals surface area contributed by atoms with E-state index in [0.29, 0.717) is 0 Å². The quantitative estimate of drug-likeness (QED) is 0.585. The highest BCUT2D eigenvalue weighted by Crippen LogP contribution is 2.25. The van der Waals surface area contributed by atoms with Gasteiger partial charge >= 0.3 is 0 Å². The fourth-order valence-electron chi connectivity index (χ4n) is 2.46. The zero-order valence-corrected chi connectivity index (χ0v) is 12.1. The number of rotatable bonds is 6. The van der Waals surface area contributed by atoms with Crippen molar-refractivity contribution in [1.29, 1.82) is 0 Å². The smallest absolute Gasteiger partial charge is 0.179 e. The van der Waals surface area contributed by atoms with Crippen LogP contribution in [0.4, 0.5) is 0 Å². The molecule has 100 valence electrons. The SMILES string of the molecule is Cc1cc(C(=O)CCl)c(C)n1CCN(C)C1CC1. The minimum absolute atomic E-state index is 0.0200. The first kappa shape index (κ1) is 13.6. The lowest BCUT2D eigenvalue weighted by Gasteiger charge is -2.17. The highest BCUT2D eigenvalue weighted by Gasteiger charge is 2.25. The van der Waals surface area contributed by atoms with Crippen LogP contribution in [0.5, 0.6) is 0 Å². The van der Waals surface area contributed by atoms with Crippen molar-refractivity contribution in [1.82, 2.24) is 9.47 Å². The third-order valence-electron chi connectivity index (χ3n) is 3.84. The summed E-state index contributed by atoms with van der Waals surface area (Å²) in [6.07, 6.45) is 2.66. The van der Waals surface area contributed by atoms with E-state index in [1.54, 1.807) is 0 Å². The van der Waals surface area contributed by atoms with Crippen LogP contribution in [-0.2, 0) is 6.54 Å². The largest absolute Gasteiger partial charge is 0.347 e. The van der Waals surface area contributed by atoms with Gasteiger partial charge in [0.25, 0.3) is 0 Å². The van der Waals surface area contributed by atoms with Crippen LogP contribution < -0.4 is 0 Å².